The average molecular weight is 558 g/mol. The number of halogens is 3. The van der Waals surface area contributed by atoms with Crippen LogP contribution in [0, 0.1) is 5.92 Å². The van der Waals surface area contributed by atoms with E-state index in [1.165, 1.54) is 38.6 Å². The van der Waals surface area contributed by atoms with Crippen molar-refractivity contribution in [1.82, 2.24) is 25.6 Å². The van der Waals surface area contributed by atoms with Crippen LogP contribution in [0.4, 0.5) is 13.2 Å². The molecule has 1 aliphatic heterocycles. The molecule has 40 heavy (non-hydrogen) atoms. The number of carboxylic acid groups (broad SMARTS) is 1. The van der Waals surface area contributed by atoms with Crippen molar-refractivity contribution in [2.75, 3.05) is 19.6 Å². The minimum absolute atomic E-state index is 0.00277. The molecule has 5 rings (SSSR count). The van der Waals surface area contributed by atoms with Gasteiger partial charge in [-0.15, -0.1) is 0 Å². The molecule has 4 heterocycles. The molecule has 8 nitrogen and oxygen atoms in total. The number of aromatic nitrogens is 3. The Bertz CT molecular complexity index is 1280. The zero-order valence-corrected chi connectivity index (χ0v) is 22.2. The fraction of sp³-hybridized carbons (Fsp3) is 0.448. The van der Waals surface area contributed by atoms with E-state index in [0.29, 0.717) is 6.54 Å². The van der Waals surface area contributed by atoms with Crippen molar-refractivity contribution in [3.63, 3.8) is 0 Å². The van der Waals surface area contributed by atoms with Crippen molar-refractivity contribution >= 4 is 11.9 Å². The Hall–Kier alpha value is -3.73. The first-order valence-electron chi connectivity index (χ1n) is 13.6. The summed E-state index contributed by atoms with van der Waals surface area (Å²) in [5.41, 5.74) is 6.74. The number of hydrogen-bond donors (Lipinski definition) is 4. The highest BCUT2D eigenvalue weighted by molar-refractivity contribution is 5.97. The number of H-pyrrole nitrogens is 1. The summed E-state index contributed by atoms with van der Waals surface area (Å²) in [5, 5.41) is 13.7. The number of fused-ring (bicyclic) bond motifs is 1. The van der Waals surface area contributed by atoms with Crippen LogP contribution in [0.2, 0.25) is 0 Å². The van der Waals surface area contributed by atoms with Gasteiger partial charge in [0.25, 0.3) is 5.91 Å². The van der Waals surface area contributed by atoms with Crippen LogP contribution >= 0.6 is 0 Å². The van der Waals surface area contributed by atoms with Gasteiger partial charge in [-0.05, 0) is 75.0 Å². The van der Waals surface area contributed by atoms with Crippen LogP contribution in [-0.2, 0) is 17.6 Å². The SMILES string of the molecule is O=C(O)C(F)(F)F.O=C1NCCc2[nH]c(-c3ccnc(-c4ccc(CCCNCC5CCCCC5)nc4)c3)cc21. The van der Waals surface area contributed by atoms with Crippen LogP contribution in [0.25, 0.3) is 22.5 Å². The van der Waals surface area contributed by atoms with E-state index < -0.39 is 12.1 Å². The monoisotopic (exact) mass is 557 g/mol. The molecule has 0 saturated heterocycles. The van der Waals surface area contributed by atoms with Gasteiger partial charge in [0.1, 0.15) is 0 Å². The lowest BCUT2D eigenvalue weighted by molar-refractivity contribution is -0.192. The molecule has 2 aliphatic rings. The summed E-state index contributed by atoms with van der Waals surface area (Å²) in [6, 6.07) is 10.2. The van der Waals surface area contributed by atoms with Gasteiger partial charge in [0.05, 0.1) is 11.3 Å². The minimum atomic E-state index is -5.08. The fourth-order valence-corrected chi connectivity index (χ4v) is 5.02. The third-order valence-corrected chi connectivity index (χ3v) is 7.18. The topological polar surface area (TPSA) is 120 Å². The molecule has 1 aliphatic carbocycles. The molecule has 3 aromatic heterocycles. The first kappa shape index (κ1) is 29.3. The van der Waals surface area contributed by atoms with Gasteiger partial charge in [-0.2, -0.15) is 13.2 Å². The predicted octanol–water partition coefficient (Wildman–Crippen LogP) is 5.16. The molecule has 214 valence electrons. The Kier molecular flexibility index (Phi) is 9.92. The van der Waals surface area contributed by atoms with Crippen LogP contribution in [0.15, 0.2) is 42.7 Å². The largest absolute Gasteiger partial charge is 0.490 e. The summed E-state index contributed by atoms with van der Waals surface area (Å²) in [6.07, 6.45) is 8.61. The second-order valence-electron chi connectivity index (χ2n) is 10.2. The van der Waals surface area contributed by atoms with Gasteiger partial charge in [0.15, 0.2) is 0 Å². The standard InChI is InChI=1S/C27H33N5O.C2HF3O2/c33-27-23-16-26(32-24(23)11-14-30-27)20-10-13-29-25(15-20)21-8-9-22(31-18-21)7-4-12-28-17-19-5-2-1-3-6-19;3-2(4,5)1(6)7/h8-10,13,15-16,18-19,28,32H,1-7,11-12,14,17H2,(H,30,33);(H,6,7). The van der Waals surface area contributed by atoms with Crippen molar-refractivity contribution in [1.29, 1.82) is 0 Å². The molecule has 3 aromatic rings. The smallest absolute Gasteiger partial charge is 0.475 e. The average Bonchev–Trinajstić information content (AvgIpc) is 3.40. The molecule has 0 atom stereocenters. The lowest BCUT2D eigenvalue weighted by atomic mass is 9.89. The summed E-state index contributed by atoms with van der Waals surface area (Å²) in [7, 11) is 0. The minimum Gasteiger partial charge on any atom is -0.475 e. The second-order valence-corrected chi connectivity index (χ2v) is 10.2. The van der Waals surface area contributed by atoms with E-state index in [9.17, 15) is 18.0 Å². The molecule has 0 unspecified atom stereocenters. The highest BCUT2D eigenvalue weighted by atomic mass is 19.4. The highest BCUT2D eigenvalue weighted by Gasteiger charge is 2.38. The summed E-state index contributed by atoms with van der Waals surface area (Å²) in [6.45, 7) is 2.91. The van der Waals surface area contributed by atoms with Gasteiger partial charge in [-0.3, -0.25) is 14.8 Å². The molecular weight excluding hydrogens is 523 g/mol. The zero-order chi connectivity index (χ0) is 28.5. The van der Waals surface area contributed by atoms with Gasteiger partial charge in [-0.25, -0.2) is 4.79 Å². The number of alkyl halides is 3. The molecule has 0 radical (unpaired) electrons. The quantitative estimate of drug-likeness (QED) is 0.284. The summed E-state index contributed by atoms with van der Waals surface area (Å²) >= 11 is 0. The zero-order valence-electron chi connectivity index (χ0n) is 22.2. The molecule has 0 spiro atoms. The Morgan fingerprint density at radius 2 is 1.85 bits per heavy atom. The highest BCUT2D eigenvalue weighted by Crippen LogP contribution is 2.27. The fourth-order valence-electron chi connectivity index (χ4n) is 5.02. The lowest BCUT2D eigenvalue weighted by Crippen LogP contribution is -2.31. The van der Waals surface area contributed by atoms with E-state index in [4.69, 9.17) is 9.90 Å². The molecular formula is C29H34F3N5O3. The normalized spacial score (nSPS) is 15.5. The van der Waals surface area contributed by atoms with Gasteiger partial charge in [0.2, 0.25) is 0 Å². The number of rotatable bonds is 8. The maximum atomic E-state index is 12.1. The number of aromatic amines is 1. The van der Waals surface area contributed by atoms with Crippen molar-refractivity contribution in [3.05, 3.63) is 59.7 Å². The van der Waals surface area contributed by atoms with Crippen LogP contribution in [0.5, 0.6) is 0 Å². The Morgan fingerprint density at radius 1 is 1.07 bits per heavy atom. The third-order valence-electron chi connectivity index (χ3n) is 7.18. The maximum Gasteiger partial charge on any atom is 0.490 e. The molecule has 1 saturated carbocycles. The van der Waals surface area contributed by atoms with E-state index in [1.807, 2.05) is 24.5 Å². The van der Waals surface area contributed by atoms with Gasteiger partial charge >= 0.3 is 12.1 Å². The van der Waals surface area contributed by atoms with E-state index in [0.717, 1.165) is 71.2 Å². The third kappa shape index (κ3) is 8.14. The van der Waals surface area contributed by atoms with Gasteiger partial charge in [-0.1, -0.05) is 19.3 Å². The Labute approximate surface area is 230 Å². The Morgan fingerprint density at radius 3 is 2.52 bits per heavy atom. The first-order valence-corrected chi connectivity index (χ1v) is 13.6. The number of aryl methyl sites for hydroxylation is 1. The number of carbonyl (C=O) groups is 2. The molecule has 0 bridgehead atoms. The van der Waals surface area contributed by atoms with Crippen LogP contribution in [0.3, 0.4) is 0 Å². The van der Waals surface area contributed by atoms with E-state index in [2.05, 4.69) is 43.8 Å². The van der Waals surface area contributed by atoms with Crippen LogP contribution in [0.1, 0.15) is 60.3 Å². The number of aliphatic carboxylic acids is 1. The number of amides is 1. The molecule has 0 aromatic carbocycles. The molecule has 4 N–H and O–H groups in total. The Balaban J connectivity index is 0.000000470. The number of pyridine rings is 2. The van der Waals surface area contributed by atoms with Crippen molar-refractivity contribution in [2.24, 2.45) is 5.92 Å². The second kappa shape index (κ2) is 13.6. The number of carbonyl (C=O) groups excluding carboxylic acids is 1. The van der Waals surface area contributed by atoms with Crippen molar-refractivity contribution in [2.45, 2.75) is 57.5 Å². The van der Waals surface area contributed by atoms with Crippen LogP contribution in [-0.4, -0.2) is 57.7 Å². The van der Waals surface area contributed by atoms with Crippen molar-refractivity contribution in [3.8, 4) is 22.5 Å². The number of nitrogens with zero attached hydrogens (tertiary/aromatic N) is 2. The van der Waals surface area contributed by atoms with Crippen molar-refractivity contribution < 1.29 is 27.9 Å². The molecule has 1 fully saturated rings. The summed E-state index contributed by atoms with van der Waals surface area (Å²) < 4.78 is 31.7. The van der Waals surface area contributed by atoms with Gasteiger partial charge < -0.3 is 20.7 Å². The number of hydrogen-bond acceptors (Lipinski definition) is 5. The van der Waals surface area contributed by atoms with Gasteiger partial charge in [0, 0.05) is 53.6 Å². The summed E-state index contributed by atoms with van der Waals surface area (Å²) in [5.74, 6) is -1.88. The molecule has 11 heteroatoms. The van der Waals surface area contributed by atoms with Crippen LogP contribution < -0.4 is 10.6 Å². The predicted molar refractivity (Wildman–Crippen MR) is 145 cm³/mol. The lowest BCUT2D eigenvalue weighted by Gasteiger charge is -2.21. The number of carboxylic acids is 1. The van der Waals surface area contributed by atoms with E-state index in [-0.39, 0.29) is 5.91 Å². The van der Waals surface area contributed by atoms with E-state index >= 15 is 0 Å². The first-order chi connectivity index (χ1) is 19.2. The summed E-state index contributed by atoms with van der Waals surface area (Å²) in [4.78, 5) is 33.6. The van der Waals surface area contributed by atoms with E-state index in [1.54, 1.807) is 0 Å². The maximum absolute atomic E-state index is 12.1. The number of nitrogens with one attached hydrogen (secondary N) is 3. The molecule has 1 amide bonds.